The van der Waals surface area contributed by atoms with Gasteiger partial charge in [0.1, 0.15) is 18.3 Å². The summed E-state index contributed by atoms with van der Waals surface area (Å²) < 4.78 is 0. The van der Waals surface area contributed by atoms with Gasteiger partial charge in [0.05, 0.1) is 0 Å². The number of Topliss-reactive ketones (excluding diaryl/α,β-unsaturated/α-hetero) is 1. The Bertz CT molecular complexity index is 2160. The van der Waals surface area contributed by atoms with Gasteiger partial charge in [-0.2, -0.15) is 0 Å². The van der Waals surface area contributed by atoms with Crippen LogP contribution in [0.5, 0.6) is 0 Å². The molecule has 0 heterocycles. The molecule has 4 heteroatoms. The molecule has 5 aromatic rings. The molecule has 0 saturated carbocycles. The van der Waals surface area contributed by atoms with Crippen molar-refractivity contribution < 1.29 is 14.8 Å². The average Bonchev–Trinajstić information content (AvgIpc) is 3.12. The molecule has 0 amide bonds. The zero-order valence-corrected chi connectivity index (χ0v) is 29.1. The van der Waals surface area contributed by atoms with E-state index in [9.17, 15) is 9.90 Å². The lowest BCUT2D eigenvalue weighted by Gasteiger charge is -2.33. The van der Waals surface area contributed by atoms with Gasteiger partial charge in [-0.25, -0.2) is 0 Å². The fourth-order valence-electron chi connectivity index (χ4n) is 7.23. The van der Waals surface area contributed by atoms with E-state index in [0.29, 0.717) is 17.7 Å². The minimum absolute atomic E-state index is 0.0539. The Morgan fingerprint density at radius 3 is 1.86 bits per heavy atom. The summed E-state index contributed by atoms with van der Waals surface area (Å²) in [6.45, 7) is 10.0. The number of carbonyl (C=O) groups is 1. The molecule has 5 aromatic carbocycles. The summed E-state index contributed by atoms with van der Waals surface area (Å²) >= 11 is 0. The van der Waals surface area contributed by atoms with E-state index in [1.807, 2.05) is 48.6 Å². The molecule has 0 radical (unpaired) electrons. The molecule has 1 atom stereocenters. The molecule has 0 aromatic heterocycles. The molecule has 0 bridgehead atoms. The number of ketones is 1. The molecular weight excluding hydrogens is 613 g/mol. The van der Waals surface area contributed by atoms with Crippen LogP contribution in [0, 0.1) is 27.7 Å². The molecule has 0 fully saturated rings. The molecule has 1 N–H and O–H groups in total. The van der Waals surface area contributed by atoms with Crippen LogP contribution in [0.15, 0.2) is 163 Å². The number of allylic oxidation sites excluding steroid dienone is 5. The van der Waals surface area contributed by atoms with E-state index in [4.69, 9.17) is 0 Å². The van der Waals surface area contributed by atoms with Gasteiger partial charge < -0.3 is 10.0 Å². The molecule has 0 aliphatic heterocycles. The number of carbonyl (C=O) groups excluding carboxylic acids is 1. The fourth-order valence-corrected chi connectivity index (χ4v) is 7.23. The molecule has 1 unspecified atom stereocenters. The quantitative estimate of drug-likeness (QED) is 0.163. The van der Waals surface area contributed by atoms with E-state index in [-0.39, 0.29) is 28.7 Å². The van der Waals surface area contributed by atoms with Crippen molar-refractivity contribution in [3.8, 4) is 0 Å². The van der Waals surface area contributed by atoms with Crippen LogP contribution in [0.25, 0.3) is 5.57 Å². The van der Waals surface area contributed by atoms with Gasteiger partial charge in [0.25, 0.3) is 0 Å². The summed E-state index contributed by atoms with van der Waals surface area (Å²) in [5.41, 5.74) is 12.6. The molecule has 0 saturated heterocycles. The van der Waals surface area contributed by atoms with E-state index in [1.54, 1.807) is 0 Å². The summed E-state index contributed by atoms with van der Waals surface area (Å²) in [4.78, 5) is 17.2. The lowest BCUT2D eigenvalue weighted by Crippen LogP contribution is -3.09. The Labute approximate surface area is 295 Å². The van der Waals surface area contributed by atoms with Gasteiger partial charge in [-0.3, -0.25) is 9.69 Å². The third kappa shape index (κ3) is 6.63. The first-order valence-electron chi connectivity index (χ1n) is 17.3. The average molecular weight is 655 g/mol. The van der Waals surface area contributed by atoms with E-state index >= 15 is 0 Å². The lowest BCUT2D eigenvalue weighted by atomic mass is 9.80. The molecule has 50 heavy (non-hydrogen) atoms. The summed E-state index contributed by atoms with van der Waals surface area (Å²) in [6, 6.07) is 41.9. The second-order valence-corrected chi connectivity index (χ2v) is 13.5. The molecular formula is C46H42N2O2. The third-order valence-electron chi connectivity index (χ3n) is 9.83. The normalized spacial score (nSPS) is 16.1. The van der Waals surface area contributed by atoms with Crippen molar-refractivity contribution in [1.82, 2.24) is 0 Å². The highest BCUT2D eigenvalue weighted by atomic mass is 16.3. The van der Waals surface area contributed by atoms with E-state index in [0.717, 1.165) is 17.9 Å². The van der Waals surface area contributed by atoms with Gasteiger partial charge in [0.15, 0.2) is 5.78 Å². The van der Waals surface area contributed by atoms with Crippen LogP contribution in [0.1, 0.15) is 38.9 Å². The van der Waals surface area contributed by atoms with Crippen molar-refractivity contribution in [3.63, 3.8) is 0 Å². The first-order chi connectivity index (χ1) is 24.3. The van der Waals surface area contributed by atoms with Crippen LogP contribution in [0.4, 0.5) is 17.1 Å². The van der Waals surface area contributed by atoms with Gasteiger partial charge >= 0.3 is 0 Å². The molecule has 7 rings (SSSR count). The largest absolute Gasteiger partial charge is 0.871 e. The summed E-state index contributed by atoms with van der Waals surface area (Å²) in [6.07, 6.45) is 8.16. The predicted molar refractivity (Wildman–Crippen MR) is 202 cm³/mol. The van der Waals surface area contributed by atoms with Crippen LogP contribution in [-0.4, -0.2) is 11.8 Å². The van der Waals surface area contributed by atoms with Crippen LogP contribution >= 0.6 is 0 Å². The maximum atomic E-state index is 13.6. The molecule has 248 valence electrons. The highest BCUT2D eigenvalue weighted by molar-refractivity contribution is 6.39. The van der Waals surface area contributed by atoms with Crippen molar-refractivity contribution in [2.45, 2.75) is 46.8 Å². The van der Waals surface area contributed by atoms with Gasteiger partial charge in [0, 0.05) is 40.2 Å². The minimum atomic E-state index is -0.191. The first kappa shape index (κ1) is 32.8. The van der Waals surface area contributed by atoms with Gasteiger partial charge in [0.2, 0.25) is 0 Å². The van der Waals surface area contributed by atoms with Crippen LogP contribution < -0.4 is 14.9 Å². The first-order valence-corrected chi connectivity index (χ1v) is 17.3. The summed E-state index contributed by atoms with van der Waals surface area (Å²) in [7, 11) is 0. The van der Waals surface area contributed by atoms with E-state index in [2.05, 4.69) is 130 Å². The predicted octanol–water partition coefficient (Wildman–Crippen LogP) is 8.12. The van der Waals surface area contributed by atoms with Crippen molar-refractivity contribution in [3.05, 3.63) is 201 Å². The number of rotatable bonds is 9. The minimum Gasteiger partial charge on any atom is -0.871 e. The van der Waals surface area contributed by atoms with E-state index in [1.165, 1.54) is 44.0 Å². The van der Waals surface area contributed by atoms with Crippen LogP contribution in [0.3, 0.4) is 0 Å². The standard InChI is InChI=1S/C46H42N2O2/c1-31-15-25-41(33(3)27-31)47(29-35-11-7-5-8-12-35)39-21-17-37(18-22-39)43-45(49)44(46(43)50)38-19-23-40(24-20-38)48(30-36-13-9-6-10-14-36)42-26-16-32(2)28-34(42)4/h5-28,39,49H,29-30H2,1-4H3. The second kappa shape index (κ2) is 14.0. The van der Waals surface area contributed by atoms with Crippen molar-refractivity contribution in [2.24, 2.45) is 0 Å². The van der Waals surface area contributed by atoms with Crippen molar-refractivity contribution in [2.75, 3.05) is 4.90 Å². The lowest BCUT2D eigenvalue weighted by molar-refractivity contribution is -0.860. The maximum Gasteiger partial charge on any atom is 0.193 e. The number of benzene rings is 5. The number of quaternary nitrogens is 1. The Kier molecular flexibility index (Phi) is 9.21. The molecule has 4 nitrogen and oxygen atoms in total. The molecule has 0 spiro atoms. The SMILES string of the molecule is Cc1ccc(N(Cc2ccccc2)c2ccc(C3=C([O-])C(=C4C=CC([NH+](Cc5ccccc5)c5ccc(C)cc5C)C=C4)C3=O)cc2)c(C)c1. The Morgan fingerprint density at radius 1 is 0.660 bits per heavy atom. The molecule has 2 aliphatic carbocycles. The summed E-state index contributed by atoms with van der Waals surface area (Å²) in [5.74, 6) is -0.382. The number of hydrogen-bond acceptors (Lipinski definition) is 3. The number of anilines is 2. The highest BCUT2D eigenvalue weighted by Crippen LogP contribution is 2.39. The Morgan fingerprint density at radius 2 is 1.26 bits per heavy atom. The van der Waals surface area contributed by atoms with Gasteiger partial charge in [-0.05, 0) is 86.4 Å². The van der Waals surface area contributed by atoms with Crippen LogP contribution in [0.2, 0.25) is 0 Å². The number of nitrogens with zero attached hydrogens (tertiary/aromatic N) is 1. The topological polar surface area (TPSA) is 47.8 Å². The Hall–Kier alpha value is -5.71. The summed E-state index contributed by atoms with van der Waals surface area (Å²) in [5, 5.41) is 13.6. The van der Waals surface area contributed by atoms with E-state index < -0.39 is 0 Å². The number of hydrogen-bond donors (Lipinski definition) is 1. The number of nitrogens with one attached hydrogen (secondary N) is 1. The zero-order chi connectivity index (χ0) is 34.8. The highest BCUT2D eigenvalue weighted by Gasteiger charge is 2.32. The fraction of sp³-hybridized carbons (Fsp3) is 0.152. The third-order valence-corrected chi connectivity index (χ3v) is 9.83. The molecule has 2 aliphatic rings. The van der Waals surface area contributed by atoms with Gasteiger partial charge in [-0.1, -0.05) is 126 Å². The zero-order valence-electron chi connectivity index (χ0n) is 29.1. The van der Waals surface area contributed by atoms with Crippen molar-refractivity contribution in [1.29, 1.82) is 0 Å². The smallest absolute Gasteiger partial charge is 0.193 e. The second-order valence-electron chi connectivity index (χ2n) is 13.5. The number of aryl methyl sites for hydroxylation is 4. The monoisotopic (exact) mass is 654 g/mol. The Balaban J connectivity index is 1.15. The van der Waals surface area contributed by atoms with Gasteiger partial charge in [-0.15, -0.1) is 0 Å². The maximum absolute atomic E-state index is 13.6. The van der Waals surface area contributed by atoms with Crippen LogP contribution in [-0.2, 0) is 17.9 Å². The van der Waals surface area contributed by atoms with Crippen molar-refractivity contribution >= 4 is 28.4 Å².